The lowest BCUT2D eigenvalue weighted by atomic mass is 9.96. The van der Waals surface area contributed by atoms with Crippen LogP contribution >= 0.6 is 11.6 Å². The zero-order chi connectivity index (χ0) is 28.5. The van der Waals surface area contributed by atoms with E-state index < -0.39 is 27.7 Å². The molecule has 2 heterocycles. The first-order valence-electron chi connectivity index (χ1n) is 11.8. The van der Waals surface area contributed by atoms with Crippen LogP contribution in [0.1, 0.15) is 43.7 Å². The minimum atomic E-state index is -4.62. The molecule has 0 saturated heterocycles. The van der Waals surface area contributed by atoms with Gasteiger partial charge in [-0.1, -0.05) is 11.6 Å². The number of ether oxygens (including phenoxy) is 2. The molecule has 0 bridgehead atoms. The molecule has 0 saturated carbocycles. The fourth-order valence-corrected chi connectivity index (χ4v) is 5.92. The van der Waals surface area contributed by atoms with Crippen LogP contribution in [0.15, 0.2) is 59.6 Å². The number of pyridine rings is 1. The average Bonchev–Trinajstić information content (AvgIpc) is 3.22. The number of fused-ring (bicyclic) bond motifs is 1. The smallest absolute Gasteiger partial charge is 0.417 e. The molecule has 0 fully saturated rings. The van der Waals surface area contributed by atoms with Crippen LogP contribution in [0.4, 0.5) is 18.9 Å². The summed E-state index contributed by atoms with van der Waals surface area (Å²) >= 11 is 5.89. The minimum absolute atomic E-state index is 0.0550. The van der Waals surface area contributed by atoms with Crippen LogP contribution in [-0.2, 0) is 21.0 Å². The number of benzene rings is 2. The molecule has 208 valence electrons. The summed E-state index contributed by atoms with van der Waals surface area (Å²) in [5.74, 6) is -0.933. The van der Waals surface area contributed by atoms with Gasteiger partial charge < -0.3 is 14.6 Å². The Hall–Kier alpha value is -3.51. The lowest BCUT2D eigenvalue weighted by Gasteiger charge is -2.20. The zero-order valence-electron chi connectivity index (χ0n) is 20.8. The standard InChI is InChI=1S/C26H24ClF3N2O6S/c1-15(2)37-19-6-9-23-21(12-19)16(3-10-24(33)34)14-32(23)39(35,36)20-7-4-18(5-8-20)38-25-22(27)11-17(13-31-25)26(28,29)30/h4-9,11-13,15-16H,3,10,14H2,1-2H3,(H,33,34). The van der Waals surface area contributed by atoms with Gasteiger partial charge in [-0.2, -0.15) is 13.2 Å². The molecule has 13 heteroatoms. The predicted molar refractivity (Wildman–Crippen MR) is 137 cm³/mol. The molecule has 0 aliphatic carbocycles. The topological polar surface area (TPSA) is 106 Å². The molecule has 1 aromatic heterocycles. The summed E-state index contributed by atoms with van der Waals surface area (Å²) in [5, 5.41) is 8.81. The van der Waals surface area contributed by atoms with Crippen LogP contribution in [0.2, 0.25) is 5.02 Å². The number of halogens is 4. The molecule has 1 atom stereocenters. The maximum Gasteiger partial charge on any atom is 0.417 e. The Labute approximate surface area is 228 Å². The second kappa shape index (κ2) is 10.9. The maximum absolute atomic E-state index is 13.6. The van der Waals surface area contributed by atoms with E-state index in [2.05, 4.69) is 4.98 Å². The molecular formula is C26H24ClF3N2O6S. The monoisotopic (exact) mass is 584 g/mol. The number of hydrogen-bond acceptors (Lipinski definition) is 6. The van der Waals surface area contributed by atoms with Crippen molar-refractivity contribution < 1.29 is 41.0 Å². The molecule has 0 radical (unpaired) electrons. The first-order chi connectivity index (χ1) is 18.3. The Bertz CT molecular complexity index is 1480. The van der Waals surface area contributed by atoms with Gasteiger partial charge in [0.15, 0.2) is 0 Å². The summed E-state index contributed by atoms with van der Waals surface area (Å²) in [7, 11) is -4.06. The molecule has 1 N–H and O–H groups in total. The second-order valence-electron chi connectivity index (χ2n) is 9.13. The fraction of sp³-hybridized carbons (Fsp3) is 0.308. The van der Waals surface area contributed by atoms with Crippen molar-refractivity contribution in [1.29, 1.82) is 0 Å². The summed E-state index contributed by atoms with van der Waals surface area (Å²) in [6.45, 7) is 3.78. The van der Waals surface area contributed by atoms with Gasteiger partial charge in [0.1, 0.15) is 16.5 Å². The SMILES string of the molecule is CC(C)Oc1ccc2c(c1)C(CCC(=O)O)CN2S(=O)(=O)c1ccc(Oc2ncc(C(F)(F)F)cc2Cl)cc1. The molecule has 1 unspecified atom stereocenters. The third-order valence-corrected chi connectivity index (χ3v) is 8.00. The number of alkyl halides is 3. The summed E-state index contributed by atoms with van der Waals surface area (Å²) in [5.41, 5.74) is 0.0836. The number of carboxylic acids is 1. The van der Waals surface area contributed by atoms with Gasteiger partial charge in [0.2, 0.25) is 5.88 Å². The highest BCUT2D eigenvalue weighted by Crippen LogP contribution is 2.44. The van der Waals surface area contributed by atoms with Crippen molar-refractivity contribution >= 4 is 33.3 Å². The molecular weight excluding hydrogens is 561 g/mol. The van der Waals surface area contributed by atoms with Gasteiger partial charge >= 0.3 is 12.1 Å². The Kier molecular flexibility index (Phi) is 7.99. The predicted octanol–water partition coefficient (Wildman–Crippen LogP) is 6.49. The first-order valence-corrected chi connectivity index (χ1v) is 13.6. The third kappa shape index (κ3) is 6.39. The summed E-state index contributed by atoms with van der Waals surface area (Å²) in [6.07, 6.45) is -4.01. The van der Waals surface area contributed by atoms with Gasteiger partial charge in [-0.25, -0.2) is 13.4 Å². The van der Waals surface area contributed by atoms with Gasteiger partial charge in [-0.3, -0.25) is 9.10 Å². The Morgan fingerprint density at radius 3 is 2.41 bits per heavy atom. The Balaban J connectivity index is 1.58. The fourth-order valence-electron chi connectivity index (χ4n) is 4.18. The number of aromatic nitrogens is 1. The van der Waals surface area contributed by atoms with Crippen LogP contribution in [0.5, 0.6) is 17.4 Å². The van der Waals surface area contributed by atoms with Crippen LogP contribution in [0, 0.1) is 0 Å². The number of hydrogen-bond donors (Lipinski definition) is 1. The van der Waals surface area contributed by atoms with Crippen LogP contribution in [0.3, 0.4) is 0 Å². The van der Waals surface area contributed by atoms with Crippen molar-refractivity contribution in [3.05, 3.63) is 70.9 Å². The number of carbonyl (C=O) groups is 1. The maximum atomic E-state index is 13.6. The van der Waals surface area contributed by atoms with Gasteiger partial charge in [0.05, 0.1) is 22.3 Å². The molecule has 3 aromatic rings. The van der Waals surface area contributed by atoms with E-state index in [1.54, 1.807) is 18.2 Å². The molecule has 39 heavy (non-hydrogen) atoms. The van der Waals surface area contributed by atoms with Crippen molar-refractivity contribution in [3.63, 3.8) is 0 Å². The highest BCUT2D eigenvalue weighted by molar-refractivity contribution is 7.92. The summed E-state index contributed by atoms with van der Waals surface area (Å²) < 4.78 is 78.2. The van der Waals surface area contributed by atoms with Crippen molar-refractivity contribution in [1.82, 2.24) is 4.98 Å². The number of anilines is 1. The second-order valence-corrected chi connectivity index (χ2v) is 11.4. The van der Waals surface area contributed by atoms with E-state index in [-0.39, 0.29) is 53.0 Å². The Morgan fingerprint density at radius 1 is 1.15 bits per heavy atom. The van der Waals surface area contributed by atoms with Gasteiger partial charge in [0.25, 0.3) is 10.0 Å². The normalized spacial score (nSPS) is 15.4. The van der Waals surface area contributed by atoms with Crippen molar-refractivity contribution in [3.8, 4) is 17.4 Å². The number of rotatable bonds is 9. The molecule has 4 rings (SSSR count). The van der Waals surface area contributed by atoms with Gasteiger partial charge in [-0.05, 0) is 74.4 Å². The van der Waals surface area contributed by atoms with E-state index in [1.165, 1.54) is 28.6 Å². The van der Waals surface area contributed by atoms with Crippen molar-refractivity contribution in [2.24, 2.45) is 0 Å². The highest BCUT2D eigenvalue weighted by Gasteiger charge is 2.37. The molecule has 1 aliphatic heterocycles. The number of sulfonamides is 1. The summed E-state index contributed by atoms with van der Waals surface area (Å²) in [4.78, 5) is 14.7. The van der Waals surface area contributed by atoms with E-state index >= 15 is 0 Å². The van der Waals surface area contributed by atoms with Gasteiger partial charge in [0, 0.05) is 25.1 Å². The van der Waals surface area contributed by atoms with Crippen LogP contribution in [-0.4, -0.2) is 37.1 Å². The van der Waals surface area contributed by atoms with E-state index in [1.807, 2.05) is 13.8 Å². The molecule has 8 nitrogen and oxygen atoms in total. The Morgan fingerprint density at radius 2 is 1.82 bits per heavy atom. The van der Waals surface area contributed by atoms with Crippen molar-refractivity contribution in [2.75, 3.05) is 10.8 Å². The van der Waals surface area contributed by atoms with E-state index in [0.29, 0.717) is 29.3 Å². The highest BCUT2D eigenvalue weighted by atomic mass is 35.5. The largest absolute Gasteiger partial charge is 0.491 e. The third-order valence-electron chi connectivity index (χ3n) is 5.93. The quantitative estimate of drug-likeness (QED) is 0.306. The van der Waals surface area contributed by atoms with Crippen molar-refractivity contribution in [2.45, 2.75) is 49.8 Å². The molecule has 0 spiro atoms. The first kappa shape index (κ1) is 28.5. The van der Waals surface area contributed by atoms with E-state index in [4.69, 9.17) is 26.2 Å². The van der Waals surface area contributed by atoms with Crippen LogP contribution < -0.4 is 13.8 Å². The van der Waals surface area contributed by atoms with Gasteiger partial charge in [-0.15, -0.1) is 0 Å². The van der Waals surface area contributed by atoms with E-state index in [0.717, 1.165) is 0 Å². The lowest BCUT2D eigenvalue weighted by Crippen LogP contribution is -2.30. The molecule has 1 aliphatic rings. The molecule has 0 amide bonds. The van der Waals surface area contributed by atoms with E-state index in [9.17, 15) is 26.4 Å². The zero-order valence-corrected chi connectivity index (χ0v) is 22.3. The average molecular weight is 585 g/mol. The number of aliphatic carboxylic acids is 1. The number of nitrogens with zero attached hydrogens (tertiary/aromatic N) is 2. The van der Waals surface area contributed by atoms with Crippen LogP contribution in [0.25, 0.3) is 0 Å². The molecule has 2 aromatic carbocycles. The summed E-state index contributed by atoms with van der Waals surface area (Å²) in [6, 6.07) is 11.0. The lowest BCUT2D eigenvalue weighted by molar-refractivity contribution is -0.138. The number of carboxylic acid groups (broad SMARTS) is 1. The minimum Gasteiger partial charge on any atom is -0.491 e.